The second-order valence-corrected chi connectivity index (χ2v) is 5.50. The molecule has 19 heavy (non-hydrogen) atoms. The predicted molar refractivity (Wildman–Crippen MR) is 82.1 cm³/mol. The molecule has 0 atom stereocenters. The minimum absolute atomic E-state index is 0.588. The molecule has 1 N–H and O–H groups in total. The standard InChI is InChI=1S/C15H18ClNOS/c1-2-7-17-9-13-14(16)4-3-5-15(13)18-10-12-6-8-19-11-12/h3-6,8,11,17H,2,7,9-10H2,1H3. The van der Waals surface area contributed by atoms with Gasteiger partial charge < -0.3 is 10.1 Å². The number of thiophene rings is 1. The maximum atomic E-state index is 6.25. The van der Waals surface area contributed by atoms with Gasteiger partial charge in [0.1, 0.15) is 12.4 Å². The van der Waals surface area contributed by atoms with E-state index in [4.69, 9.17) is 16.3 Å². The molecule has 0 fully saturated rings. The smallest absolute Gasteiger partial charge is 0.125 e. The molecular weight excluding hydrogens is 278 g/mol. The van der Waals surface area contributed by atoms with E-state index >= 15 is 0 Å². The van der Waals surface area contributed by atoms with Crippen LogP contribution < -0.4 is 10.1 Å². The maximum absolute atomic E-state index is 6.25. The van der Waals surface area contributed by atoms with Gasteiger partial charge >= 0.3 is 0 Å². The van der Waals surface area contributed by atoms with Crippen LogP contribution in [-0.4, -0.2) is 6.54 Å². The van der Waals surface area contributed by atoms with Crippen LogP contribution in [0.2, 0.25) is 5.02 Å². The third-order valence-corrected chi connectivity index (χ3v) is 3.87. The van der Waals surface area contributed by atoms with Crippen molar-refractivity contribution in [3.63, 3.8) is 0 Å². The van der Waals surface area contributed by atoms with E-state index in [9.17, 15) is 0 Å². The van der Waals surface area contributed by atoms with E-state index in [0.717, 1.165) is 35.8 Å². The molecule has 102 valence electrons. The van der Waals surface area contributed by atoms with Crippen LogP contribution >= 0.6 is 22.9 Å². The van der Waals surface area contributed by atoms with E-state index in [1.54, 1.807) is 11.3 Å². The lowest BCUT2D eigenvalue weighted by atomic mass is 10.2. The Bertz CT molecular complexity index is 499. The first-order chi connectivity index (χ1) is 9.31. The average molecular weight is 296 g/mol. The highest BCUT2D eigenvalue weighted by molar-refractivity contribution is 7.07. The number of rotatable bonds is 7. The van der Waals surface area contributed by atoms with Gasteiger partial charge in [0.2, 0.25) is 0 Å². The summed E-state index contributed by atoms with van der Waals surface area (Å²) in [6.07, 6.45) is 1.11. The fourth-order valence-electron chi connectivity index (χ4n) is 1.77. The fraction of sp³-hybridized carbons (Fsp3) is 0.333. The van der Waals surface area contributed by atoms with Gasteiger partial charge in [-0.25, -0.2) is 0 Å². The molecule has 1 heterocycles. The summed E-state index contributed by atoms with van der Waals surface area (Å²) in [5.74, 6) is 0.863. The summed E-state index contributed by atoms with van der Waals surface area (Å²) in [7, 11) is 0. The van der Waals surface area contributed by atoms with Crippen molar-refractivity contribution in [2.45, 2.75) is 26.5 Å². The van der Waals surface area contributed by atoms with Gasteiger partial charge in [-0.3, -0.25) is 0 Å². The number of halogens is 1. The Morgan fingerprint density at radius 2 is 2.21 bits per heavy atom. The van der Waals surface area contributed by atoms with E-state index in [0.29, 0.717) is 6.61 Å². The molecule has 2 aromatic rings. The van der Waals surface area contributed by atoms with Crippen molar-refractivity contribution < 1.29 is 4.74 Å². The summed E-state index contributed by atoms with van der Waals surface area (Å²) >= 11 is 7.93. The average Bonchev–Trinajstić information content (AvgIpc) is 2.92. The molecular formula is C15H18ClNOS. The highest BCUT2D eigenvalue weighted by Crippen LogP contribution is 2.27. The highest BCUT2D eigenvalue weighted by Gasteiger charge is 2.08. The Hall–Kier alpha value is -1.03. The van der Waals surface area contributed by atoms with Gasteiger partial charge in [-0.05, 0) is 47.5 Å². The molecule has 0 radical (unpaired) electrons. The monoisotopic (exact) mass is 295 g/mol. The molecule has 0 aliphatic heterocycles. The van der Waals surface area contributed by atoms with Gasteiger partial charge in [0.05, 0.1) is 0 Å². The summed E-state index contributed by atoms with van der Waals surface area (Å²) in [5, 5.41) is 8.27. The van der Waals surface area contributed by atoms with E-state index < -0.39 is 0 Å². The lowest BCUT2D eigenvalue weighted by molar-refractivity contribution is 0.302. The van der Waals surface area contributed by atoms with Crippen molar-refractivity contribution in [3.05, 3.63) is 51.2 Å². The van der Waals surface area contributed by atoms with Gasteiger partial charge in [-0.15, -0.1) is 0 Å². The number of hydrogen-bond donors (Lipinski definition) is 1. The zero-order valence-electron chi connectivity index (χ0n) is 11.0. The van der Waals surface area contributed by atoms with Gasteiger partial charge in [0.25, 0.3) is 0 Å². The second kappa shape index (κ2) is 7.53. The van der Waals surface area contributed by atoms with E-state index in [1.807, 2.05) is 18.2 Å². The third-order valence-electron chi connectivity index (χ3n) is 2.78. The van der Waals surface area contributed by atoms with E-state index in [-0.39, 0.29) is 0 Å². The molecule has 1 aromatic carbocycles. The Morgan fingerprint density at radius 3 is 2.95 bits per heavy atom. The third kappa shape index (κ3) is 4.23. The summed E-state index contributed by atoms with van der Waals surface area (Å²) < 4.78 is 5.88. The number of benzene rings is 1. The Balaban J connectivity index is 2.03. The number of ether oxygens (including phenoxy) is 1. The van der Waals surface area contributed by atoms with Crippen molar-refractivity contribution in [2.24, 2.45) is 0 Å². The van der Waals surface area contributed by atoms with Gasteiger partial charge in [0.15, 0.2) is 0 Å². The summed E-state index contributed by atoms with van der Waals surface area (Å²) in [6, 6.07) is 7.88. The van der Waals surface area contributed by atoms with Crippen LogP contribution in [-0.2, 0) is 13.2 Å². The molecule has 0 saturated carbocycles. The fourth-order valence-corrected chi connectivity index (χ4v) is 2.66. The zero-order chi connectivity index (χ0) is 13.5. The van der Waals surface area contributed by atoms with Gasteiger partial charge in [-0.2, -0.15) is 11.3 Å². The topological polar surface area (TPSA) is 21.3 Å². The van der Waals surface area contributed by atoms with Crippen LogP contribution in [0.25, 0.3) is 0 Å². The Kier molecular flexibility index (Phi) is 5.70. The van der Waals surface area contributed by atoms with Crippen molar-refractivity contribution in [1.82, 2.24) is 5.32 Å². The van der Waals surface area contributed by atoms with Crippen molar-refractivity contribution >= 4 is 22.9 Å². The summed E-state index contributed by atoms with van der Waals surface area (Å²) in [6.45, 7) is 4.46. The first kappa shape index (κ1) is 14.4. The van der Waals surface area contributed by atoms with Crippen molar-refractivity contribution in [3.8, 4) is 5.75 Å². The Morgan fingerprint density at radius 1 is 1.32 bits per heavy atom. The van der Waals surface area contributed by atoms with Crippen LogP contribution in [0.4, 0.5) is 0 Å². The normalized spacial score (nSPS) is 10.6. The van der Waals surface area contributed by atoms with Crippen LogP contribution in [0.15, 0.2) is 35.0 Å². The molecule has 0 unspecified atom stereocenters. The predicted octanol–water partition coefficient (Wildman–Crippen LogP) is 4.48. The van der Waals surface area contributed by atoms with Gasteiger partial charge in [-0.1, -0.05) is 24.6 Å². The molecule has 1 aromatic heterocycles. The van der Waals surface area contributed by atoms with Crippen LogP contribution in [0.5, 0.6) is 5.75 Å². The Labute approximate surface area is 123 Å². The highest BCUT2D eigenvalue weighted by atomic mass is 35.5. The summed E-state index contributed by atoms with van der Waals surface area (Å²) in [5.41, 5.74) is 2.23. The van der Waals surface area contributed by atoms with Crippen LogP contribution in [0.1, 0.15) is 24.5 Å². The first-order valence-corrected chi connectivity index (χ1v) is 7.75. The molecule has 0 amide bonds. The molecule has 0 aliphatic carbocycles. The molecule has 2 nitrogen and oxygen atoms in total. The van der Waals surface area contributed by atoms with E-state index in [2.05, 4.69) is 29.1 Å². The number of nitrogens with one attached hydrogen (secondary N) is 1. The lowest BCUT2D eigenvalue weighted by Gasteiger charge is -2.13. The quantitative estimate of drug-likeness (QED) is 0.761. The van der Waals surface area contributed by atoms with E-state index in [1.165, 1.54) is 5.56 Å². The molecule has 0 spiro atoms. The maximum Gasteiger partial charge on any atom is 0.125 e. The molecule has 0 aliphatic rings. The van der Waals surface area contributed by atoms with Gasteiger partial charge in [0, 0.05) is 17.1 Å². The molecule has 0 saturated heterocycles. The zero-order valence-corrected chi connectivity index (χ0v) is 12.6. The summed E-state index contributed by atoms with van der Waals surface area (Å²) in [4.78, 5) is 0. The number of hydrogen-bond acceptors (Lipinski definition) is 3. The first-order valence-electron chi connectivity index (χ1n) is 6.43. The van der Waals surface area contributed by atoms with Crippen molar-refractivity contribution in [2.75, 3.05) is 6.54 Å². The minimum Gasteiger partial charge on any atom is -0.488 e. The molecule has 0 bridgehead atoms. The second-order valence-electron chi connectivity index (χ2n) is 4.31. The lowest BCUT2D eigenvalue weighted by Crippen LogP contribution is -2.15. The van der Waals surface area contributed by atoms with Crippen LogP contribution in [0.3, 0.4) is 0 Å². The molecule has 2 rings (SSSR count). The molecule has 4 heteroatoms. The van der Waals surface area contributed by atoms with Crippen molar-refractivity contribution in [1.29, 1.82) is 0 Å². The largest absolute Gasteiger partial charge is 0.488 e. The van der Waals surface area contributed by atoms with Crippen LogP contribution in [0, 0.1) is 0 Å². The SMILES string of the molecule is CCCNCc1c(Cl)cccc1OCc1ccsc1. The minimum atomic E-state index is 0.588.